The molecular formula is C12H18N4O3. The van der Waals surface area contributed by atoms with E-state index in [9.17, 15) is 4.79 Å². The zero-order valence-electron chi connectivity index (χ0n) is 11.0. The quantitative estimate of drug-likeness (QED) is 0.824. The van der Waals surface area contributed by atoms with Crippen LogP contribution in [0.1, 0.15) is 13.8 Å². The van der Waals surface area contributed by atoms with Crippen molar-refractivity contribution in [2.24, 2.45) is 0 Å². The van der Waals surface area contributed by atoms with Gasteiger partial charge in [0.15, 0.2) is 6.10 Å². The predicted octanol–water partition coefficient (Wildman–Crippen LogP) is 0.587. The Bertz CT molecular complexity index is 452. The summed E-state index contributed by atoms with van der Waals surface area (Å²) in [4.78, 5) is 21.2. The van der Waals surface area contributed by atoms with E-state index in [1.165, 1.54) is 6.33 Å². The van der Waals surface area contributed by atoms with Gasteiger partial charge in [0.25, 0.3) is 0 Å². The Labute approximate surface area is 111 Å². The van der Waals surface area contributed by atoms with Gasteiger partial charge in [0, 0.05) is 18.7 Å². The molecule has 1 aliphatic heterocycles. The van der Waals surface area contributed by atoms with Crippen LogP contribution >= 0.6 is 0 Å². The fourth-order valence-electron chi connectivity index (χ4n) is 1.90. The summed E-state index contributed by atoms with van der Waals surface area (Å²) in [7, 11) is 0. The third kappa shape index (κ3) is 3.54. The van der Waals surface area contributed by atoms with E-state index in [-0.39, 0.29) is 6.04 Å². The molecule has 0 bridgehead atoms. The topological polar surface area (TPSA) is 87.6 Å². The molecule has 0 saturated carbocycles. The highest BCUT2D eigenvalue weighted by Gasteiger charge is 2.27. The second-order valence-electron chi connectivity index (χ2n) is 4.70. The lowest BCUT2D eigenvalue weighted by molar-refractivity contribution is -0.150. The molecule has 1 aromatic rings. The largest absolute Gasteiger partial charge is 0.479 e. The number of anilines is 2. The molecule has 1 aromatic heterocycles. The molecule has 0 spiro atoms. The van der Waals surface area contributed by atoms with Crippen molar-refractivity contribution in [1.82, 2.24) is 9.97 Å². The van der Waals surface area contributed by atoms with E-state index in [0.29, 0.717) is 25.5 Å². The summed E-state index contributed by atoms with van der Waals surface area (Å²) in [6.45, 7) is 5.36. The van der Waals surface area contributed by atoms with Crippen LogP contribution in [0.5, 0.6) is 0 Å². The van der Waals surface area contributed by atoms with Crippen molar-refractivity contribution in [3.8, 4) is 0 Å². The zero-order valence-corrected chi connectivity index (χ0v) is 11.0. The van der Waals surface area contributed by atoms with Crippen molar-refractivity contribution in [1.29, 1.82) is 0 Å². The zero-order chi connectivity index (χ0) is 13.8. The molecular weight excluding hydrogens is 248 g/mol. The second-order valence-corrected chi connectivity index (χ2v) is 4.70. The van der Waals surface area contributed by atoms with Crippen molar-refractivity contribution in [2.75, 3.05) is 29.9 Å². The van der Waals surface area contributed by atoms with Gasteiger partial charge in [0.2, 0.25) is 0 Å². The van der Waals surface area contributed by atoms with Crippen LogP contribution < -0.4 is 10.2 Å². The second kappa shape index (κ2) is 5.83. The maximum atomic E-state index is 10.9. The molecule has 2 N–H and O–H groups in total. The highest BCUT2D eigenvalue weighted by atomic mass is 16.5. The Morgan fingerprint density at radius 1 is 1.58 bits per heavy atom. The smallest absolute Gasteiger partial charge is 0.334 e. The van der Waals surface area contributed by atoms with Gasteiger partial charge in [-0.1, -0.05) is 0 Å². The van der Waals surface area contributed by atoms with Crippen molar-refractivity contribution >= 4 is 17.6 Å². The van der Waals surface area contributed by atoms with Crippen LogP contribution in [0.3, 0.4) is 0 Å². The molecule has 1 fully saturated rings. The highest BCUT2D eigenvalue weighted by molar-refractivity contribution is 5.73. The first-order chi connectivity index (χ1) is 9.06. The minimum absolute atomic E-state index is 0.277. The fourth-order valence-corrected chi connectivity index (χ4v) is 1.90. The number of morpholine rings is 1. The molecule has 104 valence electrons. The number of rotatable bonds is 4. The number of ether oxygens (including phenoxy) is 1. The maximum absolute atomic E-state index is 10.9. The summed E-state index contributed by atoms with van der Waals surface area (Å²) in [5.74, 6) is 0.505. The summed E-state index contributed by atoms with van der Waals surface area (Å²) in [6.07, 6.45) is 0.677. The summed E-state index contributed by atoms with van der Waals surface area (Å²) < 4.78 is 5.19. The van der Waals surface area contributed by atoms with Crippen molar-refractivity contribution < 1.29 is 14.6 Å². The molecule has 1 saturated heterocycles. The lowest BCUT2D eigenvalue weighted by atomic mass is 10.2. The molecule has 7 nitrogen and oxygen atoms in total. The number of hydrogen-bond donors (Lipinski definition) is 2. The minimum atomic E-state index is -0.945. The van der Waals surface area contributed by atoms with Gasteiger partial charge in [-0.15, -0.1) is 0 Å². The summed E-state index contributed by atoms with van der Waals surface area (Å²) in [6, 6.07) is 2.10. The van der Waals surface area contributed by atoms with E-state index < -0.39 is 12.1 Å². The van der Waals surface area contributed by atoms with Crippen molar-refractivity contribution in [3.05, 3.63) is 12.4 Å². The number of aromatic nitrogens is 2. The van der Waals surface area contributed by atoms with Gasteiger partial charge in [0.05, 0.1) is 13.2 Å². The van der Waals surface area contributed by atoms with E-state index in [0.717, 1.165) is 5.82 Å². The molecule has 1 atom stereocenters. The number of aliphatic carboxylic acids is 1. The lowest BCUT2D eigenvalue weighted by Gasteiger charge is -2.31. The van der Waals surface area contributed by atoms with Gasteiger partial charge in [0.1, 0.15) is 18.0 Å². The first-order valence-corrected chi connectivity index (χ1v) is 6.24. The van der Waals surface area contributed by atoms with Crippen LogP contribution in [0.4, 0.5) is 11.6 Å². The molecule has 2 rings (SSSR count). The Morgan fingerprint density at radius 2 is 2.37 bits per heavy atom. The third-order valence-corrected chi connectivity index (χ3v) is 2.76. The summed E-state index contributed by atoms with van der Waals surface area (Å²) in [5, 5.41) is 12.2. The highest BCUT2D eigenvalue weighted by Crippen LogP contribution is 2.17. The molecule has 1 aliphatic rings. The minimum Gasteiger partial charge on any atom is -0.479 e. The van der Waals surface area contributed by atoms with E-state index in [1.807, 2.05) is 24.8 Å². The van der Waals surface area contributed by atoms with Gasteiger partial charge < -0.3 is 20.1 Å². The van der Waals surface area contributed by atoms with Gasteiger partial charge in [-0.3, -0.25) is 0 Å². The number of carbonyl (C=O) groups is 1. The van der Waals surface area contributed by atoms with E-state index in [4.69, 9.17) is 9.84 Å². The Kier molecular flexibility index (Phi) is 4.16. The number of carboxylic acids is 1. The number of carboxylic acid groups (broad SMARTS) is 1. The summed E-state index contributed by atoms with van der Waals surface area (Å²) >= 11 is 0. The lowest BCUT2D eigenvalue weighted by Crippen LogP contribution is -2.46. The summed E-state index contributed by atoms with van der Waals surface area (Å²) in [5.41, 5.74) is 0. The SMILES string of the molecule is CC(C)Nc1cc(N2CCOC(C(=O)O)C2)ncn1. The predicted molar refractivity (Wildman–Crippen MR) is 70.4 cm³/mol. The number of nitrogens with zero attached hydrogens (tertiary/aromatic N) is 3. The molecule has 7 heteroatoms. The van der Waals surface area contributed by atoms with Crippen LogP contribution in [0, 0.1) is 0 Å². The first kappa shape index (κ1) is 13.5. The van der Waals surface area contributed by atoms with Gasteiger partial charge in [-0.05, 0) is 13.8 Å². The number of hydrogen-bond acceptors (Lipinski definition) is 6. The van der Waals surface area contributed by atoms with E-state index in [2.05, 4.69) is 15.3 Å². The normalized spacial score (nSPS) is 19.5. The monoisotopic (exact) mass is 266 g/mol. The van der Waals surface area contributed by atoms with E-state index >= 15 is 0 Å². The van der Waals surface area contributed by atoms with Crippen LogP contribution in [0.25, 0.3) is 0 Å². The fraction of sp³-hybridized carbons (Fsp3) is 0.583. The molecule has 0 aromatic carbocycles. The van der Waals surface area contributed by atoms with Gasteiger partial charge >= 0.3 is 5.97 Å². The Balaban J connectivity index is 2.10. The molecule has 0 aliphatic carbocycles. The van der Waals surface area contributed by atoms with Crippen LogP contribution in [0.15, 0.2) is 12.4 Å². The number of nitrogens with one attached hydrogen (secondary N) is 1. The van der Waals surface area contributed by atoms with Crippen molar-refractivity contribution in [3.63, 3.8) is 0 Å². The molecule has 0 radical (unpaired) electrons. The van der Waals surface area contributed by atoms with E-state index in [1.54, 1.807) is 0 Å². The third-order valence-electron chi connectivity index (χ3n) is 2.76. The van der Waals surface area contributed by atoms with Crippen LogP contribution in [-0.4, -0.2) is 52.9 Å². The standard InChI is InChI=1S/C12H18N4O3/c1-8(2)15-10-5-11(14-7-13-10)16-3-4-19-9(6-16)12(17)18/h5,7-9H,3-4,6H2,1-2H3,(H,17,18)(H,13,14,15). The van der Waals surface area contributed by atoms with Crippen LogP contribution in [-0.2, 0) is 9.53 Å². The average Bonchev–Trinajstić information content (AvgIpc) is 2.38. The Hall–Kier alpha value is -1.89. The molecule has 0 amide bonds. The van der Waals surface area contributed by atoms with Crippen LogP contribution in [0.2, 0.25) is 0 Å². The maximum Gasteiger partial charge on any atom is 0.334 e. The van der Waals surface area contributed by atoms with Gasteiger partial charge in [-0.2, -0.15) is 0 Å². The first-order valence-electron chi connectivity index (χ1n) is 6.24. The van der Waals surface area contributed by atoms with Gasteiger partial charge in [-0.25, -0.2) is 14.8 Å². The molecule has 1 unspecified atom stereocenters. The average molecular weight is 266 g/mol. The molecule has 19 heavy (non-hydrogen) atoms. The Morgan fingerprint density at radius 3 is 3.05 bits per heavy atom. The van der Waals surface area contributed by atoms with Crippen molar-refractivity contribution in [2.45, 2.75) is 26.0 Å². The molecule has 2 heterocycles.